The standard InChI is InChI=1S/C4H7NO.CH3Cl/c6-4-2-1-3-5-4;1-2/h1-3H2,(H,5,6);1H3. The van der Waals surface area contributed by atoms with E-state index >= 15 is 0 Å². The summed E-state index contributed by atoms with van der Waals surface area (Å²) in [5, 5.41) is 2.68. The lowest BCUT2D eigenvalue weighted by Crippen LogP contribution is -2.12. The summed E-state index contributed by atoms with van der Waals surface area (Å²) in [4.78, 5) is 10.1. The van der Waals surface area contributed by atoms with Gasteiger partial charge >= 0.3 is 0 Å². The molecule has 0 aliphatic carbocycles. The number of alkyl halides is 1. The molecule has 1 N–H and O–H groups in total. The molecule has 1 rings (SSSR count). The van der Waals surface area contributed by atoms with Crippen molar-refractivity contribution in [2.24, 2.45) is 0 Å². The third-order valence-corrected chi connectivity index (χ3v) is 0.903. The predicted octanol–water partition coefficient (Wildman–Crippen LogP) is 0.751. The molecule has 1 amide bonds. The number of hydrogen-bond donors (Lipinski definition) is 1. The lowest BCUT2D eigenvalue weighted by atomic mass is 10.4. The molecule has 0 radical (unpaired) electrons. The Labute approximate surface area is 54.2 Å². The fraction of sp³-hybridized carbons (Fsp3) is 0.800. The normalized spacial score (nSPS) is 16.5. The van der Waals surface area contributed by atoms with E-state index in [1.54, 1.807) is 0 Å². The van der Waals surface area contributed by atoms with Gasteiger partial charge in [-0.25, -0.2) is 0 Å². The van der Waals surface area contributed by atoms with Gasteiger partial charge in [0.1, 0.15) is 0 Å². The van der Waals surface area contributed by atoms with Gasteiger partial charge in [0.05, 0.1) is 0 Å². The molecule has 1 saturated heterocycles. The average Bonchev–Trinajstić information content (AvgIpc) is 2.24. The van der Waals surface area contributed by atoms with Crippen LogP contribution in [-0.2, 0) is 4.79 Å². The zero-order valence-corrected chi connectivity index (χ0v) is 5.66. The molecule has 1 aliphatic heterocycles. The van der Waals surface area contributed by atoms with Crippen molar-refractivity contribution < 1.29 is 4.79 Å². The highest BCUT2D eigenvalue weighted by atomic mass is 35.5. The SMILES string of the molecule is CCl.O=C1CCCN1. The van der Waals surface area contributed by atoms with Crippen LogP contribution in [0.15, 0.2) is 0 Å². The van der Waals surface area contributed by atoms with Crippen molar-refractivity contribution in [2.75, 3.05) is 12.9 Å². The topological polar surface area (TPSA) is 29.1 Å². The molecular formula is C5H10ClNO. The van der Waals surface area contributed by atoms with Crippen LogP contribution in [0.25, 0.3) is 0 Å². The number of carbonyl (C=O) groups excluding carboxylic acids is 1. The third-order valence-electron chi connectivity index (χ3n) is 0.903. The van der Waals surface area contributed by atoms with E-state index in [4.69, 9.17) is 0 Å². The Morgan fingerprint density at radius 1 is 1.62 bits per heavy atom. The van der Waals surface area contributed by atoms with Gasteiger partial charge in [-0.3, -0.25) is 4.79 Å². The molecule has 1 fully saturated rings. The molecule has 8 heavy (non-hydrogen) atoms. The molecule has 2 nitrogen and oxygen atoms in total. The van der Waals surface area contributed by atoms with Gasteiger partial charge in [-0.2, -0.15) is 0 Å². The Morgan fingerprint density at radius 3 is 2.38 bits per heavy atom. The molecule has 48 valence electrons. The maximum atomic E-state index is 10.1. The number of hydrogen-bond acceptors (Lipinski definition) is 1. The van der Waals surface area contributed by atoms with Crippen LogP contribution >= 0.6 is 11.6 Å². The zero-order valence-electron chi connectivity index (χ0n) is 4.91. The van der Waals surface area contributed by atoms with Gasteiger partial charge < -0.3 is 5.32 Å². The first-order valence-corrected chi connectivity index (χ1v) is 3.30. The van der Waals surface area contributed by atoms with Gasteiger partial charge in [-0.05, 0) is 6.42 Å². The fourth-order valence-corrected chi connectivity index (χ4v) is 0.565. The Kier molecular flexibility index (Phi) is 4.76. The maximum absolute atomic E-state index is 10.1. The molecule has 0 spiro atoms. The van der Waals surface area contributed by atoms with Crippen molar-refractivity contribution in [2.45, 2.75) is 12.8 Å². The summed E-state index contributed by atoms with van der Waals surface area (Å²) >= 11 is 4.64. The van der Waals surface area contributed by atoms with Gasteiger partial charge in [0, 0.05) is 19.3 Å². The minimum Gasteiger partial charge on any atom is -0.356 e. The van der Waals surface area contributed by atoms with Crippen molar-refractivity contribution in [3.63, 3.8) is 0 Å². The maximum Gasteiger partial charge on any atom is 0.220 e. The van der Waals surface area contributed by atoms with E-state index < -0.39 is 0 Å². The Balaban J connectivity index is 0.000000222. The minimum absolute atomic E-state index is 0.204. The van der Waals surface area contributed by atoms with E-state index in [0.717, 1.165) is 19.4 Å². The second-order valence-corrected chi connectivity index (χ2v) is 1.45. The summed E-state index contributed by atoms with van der Waals surface area (Å²) in [5.74, 6) is 0.204. The number of carbonyl (C=O) groups is 1. The van der Waals surface area contributed by atoms with Crippen molar-refractivity contribution >= 4 is 17.5 Å². The van der Waals surface area contributed by atoms with Crippen LogP contribution in [0.2, 0.25) is 0 Å². The Morgan fingerprint density at radius 2 is 2.25 bits per heavy atom. The number of halogens is 1. The van der Waals surface area contributed by atoms with E-state index in [0.29, 0.717) is 0 Å². The average molecular weight is 136 g/mol. The largest absolute Gasteiger partial charge is 0.356 e. The molecule has 0 aromatic heterocycles. The fourth-order valence-electron chi connectivity index (χ4n) is 0.565. The molecule has 3 heteroatoms. The quantitative estimate of drug-likeness (QED) is 0.488. The van der Waals surface area contributed by atoms with Crippen LogP contribution < -0.4 is 5.32 Å². The van der Waals surface area contributed by atoms with E-state index in [9.17, 15) is 4.79 Å². The molecule has 0 saturated carbocycles. The van der Waals surface area contributed by atoms with E-state index in [1.165, 1.54) is 6.38 Å². The van der Waals surface area contributed by atoms with Crippen LogP contribution in [0.4, 0.5) is 0 Å². The summed E-state index contributed by atoms with van der Waals surface area (Å²) in [7, 11) is 0. The first-order chi connectivity index (χ1) is 3.89. The van der Waals surface area contributed by atoms with Crippen molar-refractivity contribution in [3.8, 4) is 0 Å². The highest BCUT2D eigenvalue weighted by Crippen LogP contribution is 1.93. The Bertz CT molecular complexity index is 66.8. The smallest absolute Gasteiger partial charge is 0.220 e. The summed E-state index contributed by atoms with van der Waals surface area (Å²) in [6.45, 7) is 0.888. The van der Waals surface area contributed by atoms with E-state index in [1.807, 2.05) is 0 Å². The second-order valence-electron chi connectivity index (χ2n) is 1.45. The van der Waals surface area contributed by atoms with Gasteiger partial charge in [0.2, 0.25) is 5.91 Å². The van der Waals surface area contributed by atoms with E-state index in [-0.39, 0.29) is 5.91 Å². The zero-order chi connectivity index (χ0) is 6.41. The lowest BCUT2D eigenvalue weighted by Gasteiger charge is -1.80. The first-order valence-electron chi connectivity index (χ1n) is 2.54. The lowest BCUT2D eigenvalue weighted by molar-refractivity contribution is -0.119. The van der Waals surface area contributed by atoms with Gasteiger partial charge in [0.25, 0.3) is 0 Å². The van der Waals surface area contributed by atoms with E-state index in [2.05, 4.69) is 16.9 Å². The monoisotopic (exact) mass is 135 g/mol. The summed E-state index contributed by atoms with van der Waals surface area (Å²) in [5.41, 5.74) is 0. The first kappa shape index (κ1) is 7.76. The van der Waals surface area contributed by atoms with Crippen LogP contribution in [0.1, 0.15) is 12.8 Å². The van der Waals surface area contributed by atoms with Crippen LogP contribution in [0.5, 0.6) is 0 Å². The minimum atomic E-state index is 0.204. The van der Waals surface area contributed by atoms with Crippen molar-refractivity contribution in [3.05, 3.63) is 0 Å². The third kappa shape index (κ3) is 2.86. The molecule has 0 aromatic rings. The number of amides is 1. The molecular weight excluding hydrogens is 126 g/mol. The number of nitrogens with one attached hydrogen (secondary N) is 1. The van der Waals surface area contributed by atoms with Crippen molar-refractivity contribution in [1.29, 1.82) is 0 Å². The summed E-state index contributed by atoms with van der Waals surface area (Å²) < 4.78 is 0. The molecule has 0 aromatic carbocycles. The van der Waals surface area contributed by atoms with Gasteiger partial charge in [-0.15, -0.1) is 11.6 Å². The Hall–Kier alpha value is -0.240. The highest BCUT2D eigenvalue weighted by molar-refractivity contribution is 6.15. The summed E-state index contributed by atoms with van der Waals surface area (Å²) in [6.07, 6.45) is 3.23. The molecule has 1 heterocycles. The molecule has 1 aliphatic rings. The molecule has 0 unspecified atom stereocenters. The summed E-state index contributed by atoms with van der Waals surface area (Å²) in [6, 6.07) is 0. The van der Waals surface area contributed by atoms with Crippen molar-refractivity contribution in [1.82, 2.24) is 5.32 Å². The van der Waals surface area contributed by atoms with Crippen LogP contribution in [0.3, 0.4) is 0 Å². The number of rotatable bonds is 0. The van der Waals surface area contributed by atoms with Crippen LogP contribution in [0, 0.1) is 0 Å². The molecule has 0 atom stereocenters. The van der Waals surface area contributed by atoms with Crippen LogP contribution in [-0.4, -0.2) is 18.8 Å². The predicted molar refractivity (Wildman–Crippen MR) is 34.0 cm³/mol. The molecule has 0 bridgehead atoms. The van der Waals surface area contributed by atoms with Gasteiger partial charge in [-0.1, -0.05) is 0 Å². The highest BCUT2D eigenvalue weighted by Gasteiger charge is 2.05. The second kappa shape index (κ2) is 4.91. The van der Waals surface area contributed by atoms with Gasteiger partial charge in [0.15, 0.2) is 0 Å².